The number of para-hydroxylation sites is 1. The zero-order valence-corrected chi connectivity index (χ0v) is 20.4. The highest BCUT2D eigenvalue weighted by molar-refractivity contribution is 5.99. The smallest absolute Gasteiger partial charge is 0.330 e. The van der Waals surface area contributed by atoms with Gasteiger partial charge in [0.25, 0.3) is 0 Å². The maximum Gasteiger partial charge on any atom is 0.330 e. The molecule has 8 nitrogen and oxygen atoms in total. The van der Waals surface area contributed by atoms with Crippen LogP contribution in [-0.4, -0.2) is 60.6 Å². The molecular weight excluding hydrogens is 444 g/mol. The SMILES string of the molecule is CC(=O)ON1C(=O)C(C)Oc2c(CCN3CCN(c4cccc5nc(C)ccc45)CC3)cccc21. The van der Waals surface area contributed by atoms with Crippen LogP contribution in [0.3, 0.4) is 0 Å². The van der Waals surface area contributed by atoms with Gasteiger partial charge in [0.05, 0.1) is 5.52 Å². The number of hydrogen-bond acceptors (Lipinski definition) is 7. The molecule has 0 N–H and O–H groups in total. The van der Waals surface area contributed by atoms with Crippen LogP contribution in [-0.2, 0) is 20.8 Å². The van der Waals surface area contributed by atoms with Crippen LogP contribution in [0.4, 0.5) is 11.4 Å². The summed E-state index contributed by atoms with van der Waals surface area (Å²) in [6, 6.07) is 16.2. The number of amides is 1. The number of pyridine rings is 1. The number of carbonyl (C=O) groups is 2. The molecule has 3 heterocycles. The van der Waals surface area contributed by atoms with Gasteiger partial charge < -0.3 is 14.5 Å². The first-order chi connectivity index (χ1) is 16.9. The van der Waals surface area contributed by atoms with Crippen molar-refractivity contribution in [2.45, 2.75) is 33.3 Å². The Kier molecular flexibility index (Phi) is 6.30. The fourth-order valence-electron chi connectivity index (χ4n) is 4.81. The van der Waals surface area contributed by atoms with Crippen molar-refractivity contribution in [3.05, 3.63) is 59.8 Å². The van der Waals surface area contributed by atoms with Gasteiger partial charge in [-0.1, -0.05) is 18.2 Å². The van der Waals surface area contributed by atoms with Gasteiger partial charge in [-0.2, -0.15) is 0 Å². The van der Waals surface area contributed by atoms with E-state index in [1.54, 1.807) is 13.0 Å². The molecular formula is C27H30N4O4. The largest absolute Gasteiger partial charge is 0.478 e. The molecule has 2 aliphatic heterocycles. The molecule has 8 heteroatoms. The minimum atomic E-state index is -0.717. The number of rotatable bonds is 5. The van der Waals surface area contributed by atoms with E-state index in [-0.39, 0.29) is 5.91 Å². The third-order valence-electron chi connectivity index (χ3n) is 6.62. The van der Waals surface area contributed by atoms with Gasteiger partial charge in [0.15, 0.2) is 11.9 Å². The van der Waals surface area contributed by atoms with Crippen LogP contribution in [0.15, 0.2) is 48.5 Å². The molecule has 2 aliphatic rings. The number of ether oxygens (including phenoxy) is 1. The van der Waals surface area contributed by atoms with E-state index < -0.39 is 12.1 Å². The number of hydroxylamine groups is 1. The van der Waals surface area contributed by atoms with Crippen LogP contribution in [0.25, 0.3) is 10.9 Å². The number of benzene rings is 2. The lowest BCUT2D eigenvalue weighted by Crippen LogP contribution is -2.47. The van der Waals surface area contributed by atoms with Crippen molar-refractivity contribution in [1.82, 2.24) is 9.88 Å². The molecule has 1 atom stereocenters. The van der Waals surface area contributed by atoms with Gasteiger partial charge in [0.2, 0.25) is 0 Å². The summed E-state index contributed by atoms with van der Waals surface area (Å²) in [7, 11) is 0. The summed E-state index contributed by atoms with van der Waals surface area (Å²) in [6.07, 6.45) is 0.0562. The molecule has 0 aliphatic carbocycles. The Balaban J connectivity index is 1.25. The number of carbonyl (C=O) groups excluding carboxylic acids is 2. The summed E-state index contributed by atoms with van der Waals surface area (Å²) >= 11 is 0. The van der Waals surface area contributed by atoms with E-state index in [9.17, 15) is 9.59 Å². The second-order valence-electron chi connectivity index (χ2n) is 9.12. The van der Waals surface area contributed by atoms with Crippen LogP contribution < -0.4 is 14.7 Å². The van der Waals surface area contributed by atoms with Gasteiger partial charge in [-0.25, -0.2) is 4.79 Å². The Morgan fingerprint density at radius 2 is 1.80 bits per heavy atom. The Morgan fingerprint density at radius 3 is 2.57 bits per heavy atom. The minimum absolute atomic E-state index is 0.389. The molecule has 1 unspecified atom stereocenters. The predicted molar refractivity (Wildman–Crippen MR) is 135 cm³/mol. The lowest BCUT2D eigenvalue weighted by molar-refractivity contribution is -0.151. The summed E-state index contributed by atoms with van der Waals surface area (Å²) in [4.78, 5) is 38.8. The lowest BCUT2D eigenvalue weighted by atomic mass is 10.1. The molecule has 0 radical (unpaired) electrons. The third-order valence-corrected chi connectivity index (χ3v) is 6.62. The number of anilines is 2. The van der Waals surface area contributed by atoms with E-state index >= 15 is 0 Å². The Hall–Kier alpha value is -3.65. The second kappa shape index (κ2) is 9.54. The van der Waals surface area contributed by atoms with Gasteiger partial charge >= 0.3 is 11.9 Å². The fraction of sp³-hybridized carbons (Fsp3) is 0.370. The molecule has 1 aromatic heterocycles. The van der Waals surface area contributed by atoms with E-state index in [1.165, 1.54) is 18.0 Å². The summed E-state index contributed by atoms with van der Waals surface area (Å²) < 4.78 is 5.94. The number of nitrogens with zero attached hydrogens (tertiary/aromatic N) is 4. The highest BCUT2D eigenvalue weighted by Crippen LogP contribution is 2.38. The molecule has 1 saturated heterocycles. The maximum atomic E-state index is 12.5. The van der Waals surface area contributed by atoms with Crippen molar-refractivity contribution in [3.63, 3.8) is 0 Å². The van der Waals surface area contributed by atoms with Crippen molar-refractivity contribution in [2.75, 3.05) is 42.7 Å². The number of hydrogen-bond donors (Lipinski definition) is 0. The van der Waals surface area contributed by atoms with E-state index in [4.69, 9.17) is 9.57 Å². The van der Waals surface area contributed by atoms with Crippen LogP contribution in [0.5, 0.6) is 5.75 Å². The van der Waals surface area contributed by atoms with Crippen molar-refractivity contribution < 1.29 is 19.2 Å². The Morgan fingerprint density at radius 1 is 1.06 bits per heavy atom. The Bertz CT molecular complexity index is 1270. The molecule has 0 saturated carbocycles. The highest BCUT2D eigenvalue weighted by atomic mass is 16.7. The number of aromatic nitrogens is 1. The summed E-state index contributed by atoms with van der Waals surface area (Å²) in [6.45, 7) is 9.66. The molecule has 1 amide bonds. The van der Waals surface area contributed by atoms with E-state index in [1.807, 2.05) is 19.1 Å². The first kappa shape index (κ1) is 23.1. The standard InChI is InChI=1S/C27H30N4O4/c1-18-10-11-22-23(28-18)7-5-8-24(22)30-16-14-29(15-17-30)13-12-21-6-4-9-25-26(21)34-19(2)27(33)31(25)35-20(3)32/h4-11,19H,12-17H2,1-3H3. The molecule has 35 heavy (non-hydrogen) atoms. The van der Waals surface area contributed by atoms with Gasteiger partial charge in [-0.3, -0.25) is 14.7 Å². The molecule has 2 aromatic carbocycles. The average Bonchev–Trinajstić information content (AvgIpc) is 2.85. The van der Waals surface area contributed by atoms with E-state index in [0.717, 1.165) is 61.0 Å². The van der Waals surface area contributed by atoms with Crippen molar-refractivity contribution in [3.8, 4) is 5.75 Å². The Labute approximate surface area is 205 Å². The monoisotopic (exact) mass is 474 g/mol. The minimum Gasteiger partial charge on any atom is -0.478 e. The van der Waals surface area contributed by atoms with Crippen LogP contribution >= 0.6 is 0 Å². The predicted octanol–water partition coefficient (Wildman–Crippen LogP) is 3.50. The highest BCUT2D eigenvalue weighted by Gasteiger charge is 2.35. The summed E-state index contributed by atoms with van der Waals surface area (Å²) in [5, 5.41) is 2.26. The topological polar surface area (TPSA) is 75.2 Å². The van der Waals surface area contributed by atoms with E-state index in [0.29, 0.717) is 11.4 Å². The number of fused-ring (bicyclic) bond motifs is 2. The average molecular weight is 475 g/mol. The quantitative estimate of drug-likeness (QED) is 0.560. The molecule has 3 aromatic rings. The van der Waals surface area contributed by atoms with Crippen LogP contribution in [0.1, 0.15) is 25.1 Å². The number of piperazine rings is 1. The molecule has 5 rings (SSSR count). The van der Waals surface area contributed by atoms with Gasteiger partial charge in [0, 0.05) is 56.4 Å². The van der Waals surface area contributed by atoms with Crippen molar-refractivity contribution in [2.24, 2.45) is 0 Å². The zero-order valence-electron chi connectivity index (χ0n) is 20.4. The zero-order chi connectivity index (χ0) is 24.5. The molecule has 1 fully saturated rings. The van der Waals surface area contributed by atoms with Gasteiger partial charge in [0.1, 0.15) is 5.69 Å². The normalized spacial score (nSPS) is 18.4. The third kappa shape index (κ3) is 4.66. The fourth-order valence-corrected chi connectivity index (χ4v) is 4.81. The first-order valence-electron chi connectivity index (χ1n) is 12.1. The van der Waals surface area contributed by atoms with Crippen molar-refractivity contribution in [1.29, 1.82) is 0 Å². The van der Waals surface area contributed by atoms with Crippen LogP contribution in [0, 0.1) is 6.92 Å². The summed E-state index contributed by atoms with van der Waals surface area (Å²) in [5.74, 6) is -0.323. The lowest BCUT2D eigenvalue weighted by Gasteiger charge is -2.37. The second-order valence-corrected chi connectivity index (χ2v) is 9.12. The van der Waals surface area contributed by atoms with Gasteiger partial charge in [-0.05, 0) is 56.2 Å². The first-order valence-corrected chi connectivity index (χ1v) is 12.1. The maximum absolute atomic E-state index is 12.5. The van der Waals surface area contributed by atoms with E-state index in [2.05, 4.69) is 45.1 Å². The van der Waals surface area contributed by atoms with Crippen LogP contribution in [0.2, 0.25) is 0 Å². The molecule has 0 spiro atoms. The van der Waals surface area contributed by atoms with Gasteiger partial charge in [-0.15, -0.1) is 5.06 Å². The van der Waals surface area contributed by atoms with Crippen molar-refractivity contribution >= 4 is 34.2 Å². The number of aryl methyl sites for hydroxylation is 1. The molecule has 182 valence electrons. The molecule has 0 bridgehead atoms. The summed E-state index contributed by atoms with van der Waals surface area (Å²) in [5.41, 5.74) is 4.78.